The summed E-state index contributed by atoms with van der Waals surface area (Å²) in [7, 11) is 0. The topological polar surface area (TPSA) is 26.0 Å². The highest BCUT2D eigenvalue weighted by atomic mass is 14.6. The molecule has 0 aromatic heterocycles. The average molecular weight is 333 g/mol. The number of hydrogen-bond donors (Lipinski definition) is 1. The summed E-state index contributed by atoms with van der Waals surface area (Å²) in [5, 5.41) is 0. The Labute approximate surface area is 153 Å². The van der Waals surface area contributed by atoms with Crippen molar-refractivity contribution in [1.29, 1.82) is 0 Å². The van der Waals surface area contributed by atoms with Crippen LogP contribution in [0.1, 0.15) is 22.3 Å². The predicted molar refractivity (Wildman–Crippen MR) is 108 cm³/mol. The van der Waals surface area contributed by atoms with E-state index >= 15 is 0 Å². The van der Waals surface area contributed by atoms with Crippen molar-refractivity contribution in [2.24, 2.45) is 0 Å². The molecule has 4 aromatic carbocycles. The van der Waals surface area contributed by atoms with E-state index in [9.17, 15) is 0 Å². The van der Waals surface area contributed by atoms with Gasteiger partial charge in [-0.3, -0.25) is 0 Å². The van der Waals surface area contributed by atoms with E-state index in [0.29, 0.717) is 0 Å². The lowest BCUT2D eigenvalue weighted by atomic mass is 9.68. The minimum Gasteiger partial charge on any atom is -0.398 e. The molecule has 0 atom stereocenters. The van der Waals surface area contributed by atoms with E-state index < -0.39 is 0 Å². The third-order valence-corrected chi connectivity index (χ3v) is 5.51. The highest BCUT2D eigenvalue weighted by molar-refractivity contribution is 5.92. The number of nitrogens with two attached hydrogens (primary N) is 1. The molecule has 0 bridgehead atoms. The number of benzene rings is 4. The Bertz CT molecular complexity index is 1040. The van der Waals surface area contributed by atoms with Crippen LogP contribution in [-0.4, -0.2) is 0 Å². The van der Waals surface area contributed by atoms with Crippen LogP contribution in [0.3, 0.4) is 0 Å². The van der Waals surface area contributed by atoms with Crippen LogP contribution in [0, 0.1) is 0 Å². The second kappa shape index (κ2) is 5.60. The van der Waals surface area contributed by atoms with Gasteiger partial charge < -0.3 is 5.73 Å². The molecule has 1 heteroatoms. The summed E-state index contributed by atoms with van der Waals surface area (Å²) >= 11 is 0. The molecule has 0 saturated heterocycles. The van der Waals surface area contributed by atoms with E-state index in [1.807, 2.05) is 6.07 Å². The molecule has 1 aliphatic rings. The first kappa shape index (κ1) is 15.0. The summed E-state index contributed by atoms with van der Waals surface area (Å²) < 4.78 is 0. The van der Waals surface area contributed by atoms with Crippen LogP contribution in [0.15, 0.2) is 103 Å². The molecule has 0 heterocycles. The lowest BCUT2D eigenvalue weighted by Gasteiger charge is -2.33. The molecule has 0 radical (unpaired) electrons. The van der Waals surface area contributed by atoms with Crippen LogP contribution in [0.4, 0.5) is 5.69 Å². The van der Waals surface area contributed by atoms with E-state index in [4.69, 9.17) is 5.73 Å². The lowest BCUT2D eigenvalue weighted by Crippen LogP contribution is -2.28. The molecule has 1 aliphatic carbocycles. The summed E-state index contributed by atoms with van der Waals surface area (Å²) in [4.78, 5) is 0. The highest BCUT2D eigenvalue weighted by Crippen LogP contribution is 2.57. The minimum atomic E-state index is -0.343. The maximum Gasteiger partial charge on any atom is 0.0714 e. The molecule has 0 amide bonds. The van der Waals surface area contributed by atoms with Crippen LogP contribution in [0.25, 0.3) is 11.1 Å². The van der Waals surface area contributed by atoms with Crippen LogP contribution < -0.4 is 5.73 Å². The summed E-state index contributed by atoms with van der Waals surface area (Å²) in [6, 6.07) is 36.5. The fourth-order valence-corrected chi connectivity index (χ4v) is 4.52. The Morgan fingerprint density at radius 3 is 1.69 bits per heavy atom. The SMILES string of the molecule is Nc1cccc2c1-c1ccccc1C2(c1ccccc1)c1ccccc1. The average Bonchev–Trinajstić information content (AvgIpc) is 3.02. The van der Waals surface area contributed by atoms with E-state index in [2.05, 4.69) is 97.1 Å². The molecule has 2 N–H and O–H groups in total. The molecular formula is C25H19N. The largest absolute Gasteiger partial charge is 0.398 e. The summed E-state index contributed by atoms with van der Waals surface area (Å²) in [5.74, 6) is 0. The van der Waals surface area contributed by atoms with Gasteiger partial charge in [-0.05, 0) is 33.9 Å². The standard InChI is InChI=1S/C25H19N/c26-23-17-9-16-22-24(23)20-14-7-8-15-21(20)25(22,18-10-3-1-4-11-18)19-12-5-2-6-13-19/h1-17H,26H2. The van der Waals surface area contributed by atoms with E-state index in [1.165, 1.54) is 27.8 Å². The van der Waals surface area contributed by atoms with Crippen molar-refractivity contribution in [1.82, 2.24) is 0 Å². The number of nitrogen functional groups attached to an aromatic ring is 1. The Balaban J connectivity index is 2.00. The quantitative estimate of drug-likeness (QED) is 0.416. The zero-order chi connectivity index (χ0) is 17.6. The van der Waals surface area contributed by atoms with Crippen molar-refractivity contribution in [3.8, 4) is 11.1 Å². The van der Waals surface area contributed by atoms with Crippen molar-refractivity contribution >= 4 is 5.69 Å². The zero-order valence-corrected chi connectivity index (χ0v) is 14.4. The fourth-order valence-electron chi connectivity index (χ4n) is 4.52. The first-order chi connectivity index (χ1) is 12.8. The van der Waals surface area contributed by atoms with Crippen LogP contribution in [0.5, 0.6) is 0 Å². The van der Waals surface area contributed by atoms with Crippen molar-refractivity contribution in [3.05, 3.63) is 125 Å². The number of fused-ring (bicyclic) bond motifs is 3. The van der Waals surface area contributed by atoms with Gasteiger partial charge >= 0.3 is 0 Å². The number of rotatable bonds is 2. The summed E-state index contributed by atoms with van der Waals surface area (Å²) in [6.45, 7) is 0. The van der Waals surface area contributed by atoms with E-state index in [-0.39, 0.29) is 5.41 Å². The monoisotopic (exact) mass is 333 g/mol. The highest BCUT2D eigenvalue weighted by Gasteiger charge is 2.46. The Morgan fingerprint density at radius 1 is 0.500 bits per heavy atom. The molecule has 1 nitrogen and oxygen atoms in total. The van der Waals surface area contributed by atoms with Crippen molar-refractivity contribution in [2.45, 2.75) is 5.41 Å². The minimum absolute atomic E-state index is 0.343. The van der Waals surface area contributed by atoms with Gasteiger partial charge in [-0.2, -0.15) is 0 Å². The van der Waals surface area contributed by atoms with Crippen LogP contribution in [0.2, 0.25) is 0 Å². The summed E-state index contributed by atoms with van der Waals surface area (Å²) in [5.41, 5.74) is 14.4. The molecule has 0 saturated carbocycles. The smallest absolute Gasteiger partial charge is 0.0714 e. The van der Waals surface area contributed by atoms with Crippen molar-refractivity contribution in [2.75, 3.05) is 5.73 Å². The Kier molecular flexibility index (Phi) is 3.23. The third kappa shape index (κ3) is 1.86. The molecule has 5 rings (SSSR count). The second-order valence-corrected chi connectivity index (χ2v) is 6.80. The van der Waals surface area contributed by atoms with Crippen LogP contribution in [-0.2, 0) is 5.41 Å². The Morgan fingerprint density at radius 2 is 1.04 bits per heavy atom. The van der Waals surface area contributed by atoms with E-state index in [0.717, 1.165) is 11.3 Å². The lowest BCUT2D eigenvalue weighted by molar-refractivity contribution is 0.768. The van der Waals surface area contributed by atoms with Gasteiger partial charge in [0.05, 0.1) is 5.41 Å². The van der Waals surface area contributed by atoms with Gasteiger partial charge in [0.1, 0.15) is 0 Å². The Hall–Kier alpha value is -3.32. The van der Waals surface area contributed by atoms with Gasteiger partial charge in [0.15, 0.2) is 0 Å². The molecule has 26 heavy (non-hydrogen) atoms. The van der Waals surface area contributed by atoms with Crippen molar-refractivity contribution in [3.63, 3.8) is 0 Å². The fraction of sp³-hybridized carbons (Fsp3) is 0.0400. The molecule has 0 unspecified atom stereocenters. The third-order valence-electron chi connectivity index (χ3n) is 5.51. The van der Waals surface area contributed by atoms with E-state index in [1.54, 1.807) is 0 Å². The van der Waals surface area contributed by atoms with Gasteiger partial charge in [-0.15, -0.1) is 0 Å². The van der Waals surface area contributed by atoms with Gasteiger partial charge in [0.2, 0.25) is 0 Å². The molecule has 0 aliphatic heterocycles. The molecular weight excluding hydrogens is 314 g/mol. The van der Waals surface area contributed by atoms with Crippen LogP contribution >= 0.6 is 0 Å². The maximum atomic E-state index is 6.46. The molecule has 0 spiro atoms. The van der Waals surface area contributed by atoms with Gasteiger partial charge in [0, 0.05) is 11.3 Å². The molecule has 0 fully saturated rings. The van der Waals surface area contributed by atoms with Gasteiger partial charge in [0.25, 0.3) is 0 Å². The van der Waals surface area contributed by atoms with Gasteiger partial charge in [-0.25, -0.2) is 0 Å². The summed E-state index contributed by atoms with van der Waals surface area (Å²) in [6.07, 6.45) is 0. The molecule has 4 aromatic rings. The maximum absolute atomic E-state index is 6.46. The van der Waals surface area contributed by atoms with Gasteiger partial charge in [-0.1, -0.05) is 97.1 Å². The predicted octanol–water partition coefficient (Wildman–Crippen LogP) is 5.63. The second-order valence-electron chi connectivity index (χ2n) is 6.80. The molecule has 124 valence electrons. The van der Waals surface area contributed by atoms with Crippen molar-refractivity contribution < 1.29 is 0 Å². The number of anilines is 1. The number of hydrogen-bond acceptors (Lipinski definition) is 1. The first-order valence-corrected chi connectivity index (χ1v) is 8.93. The first-order valence-electron chi connectivity index (χ1n) is 8.93. The normalized spacial score (nSPS) is 13.8. The zero-order valence-electron chi connectivity index (χ0n) is 14.4.